The maximum atomic E-state index is 11.8. The number of carbonyl (C=O) groups excluding carboxylic acids is 1. The van der Waals surface area contributed by atoms with E-state index in [-0.39, 0.29) is 23.0 Å². The molecule has 1 amide bonds. The molecule has 0 aromatic heterocycles. The molecule has 0 radical (unpaired) electrons. The molecule has 0 bridgehead atoms. The molecule has 1 saturated carbocycles. The van der Waals surface area contributed by atoms with Gasteiger partial charge < -0.3 is 15.7 Å². The Morgan fingerprint density at radius 1 is 1.25 bits per heavy atom. The van der Waals surface area contributed by atoms with E-state index in [9.17, 15) is 9.59 Å². The van der Waals surface area contributed by atoms with Crippen molar-refractivity contribution in [3.8, 4) is 0 Å². The summed E-state index contributed by atoms with van der Waals surface area (Å²) >= 11 is 5.83. The van der Waals surface area contributed by atoms with Crippen molar-refractivity contribution in [3.63, 3.8) is 0 Å². The molecule has 1 aliphatic carbocycles. The number of rotatable bonds is 5. The number of benzene rings is 1. The molecular formula is C14H17ClN2O3. The largest absolute Gasteiger partial charge is 0.478 e. The number of amides is 1. The Hall–Kier alpha value is -1.59. The van der Waals surface area contributed by atoms with E-state index < -0.39 is 5.97 Å². The third-order valence-electron chi connectivity index (χ3n) is 3.33. The van der Waals surface area contributed by atoms with E-state index in [4.69, 9.17) is 16.7 Å². The molecule has 0 unspecified atom stereocenters. The average molecular weight is 297 g/mol. The van der Waals surface area contributed by atoms with E-state index in [0.29, 0.717) is 11.7 Å². The van der Waals surface area contributed by atoms with Gasteiger partial charge >= 0.3 is 5.97 Å². The first-order valence-corrected chi connectivity index (χ1v) is 6.99. The Kier molecular flexibility index (Phi) is 4.98. The molecule has 1 aliphatic rings. The van der Waals surface area contributed by atoms with Gasteiger partial charge in [0.25, 0.3) is 0 Å². The lowest BCUT2D eigenvalue weighted by Crippen LogP contribution is -2.34. The average Bonchev–Trinajstić information content (AvgIpc) is 2.88. The van der Waals surface area contributed by atoms with E-state index >= 15 is 0 Å². The van der Waals surface area contributed by atoms with E-state index in [1.807, 2.05) is 0 Å². The van der Waals surface area contributed by atoms with E-state index in [0.717, 1.165) is 12.8 Å². The number of carboxylic acids is 1. The van der Waals surface area contributed by atoms with Crippen molar-refractivity contribution >= 4 is 29.2 Å². The van der Waals surface area contributed by atoms with Crippen LogP contribution in [-0.2, 0) is 4.79 Å². The fourth-order valence-electron chi connectivity index (χ4n) is 2.36. The van der Waals surface area contributed by atoms with Crippen molar-refractivity contribution in [2.45, 2.75) is 31.7 Å². The van der Waals surface area contributed by atoms with Crippen LogP contribution in [0.2, 0.25) is 5.02 Å². The van der Waals surface area contributed by atoms with Crippen LogP contribution in [0.5, 0.6) is 0 Å². The van der Waals surface area contributed by atoms with Crippen LogP contribution in [0.4, 0.5) is 5.69 Å². The lowest BCUT2D eigenvalue weighted by molar-refractivity contribution is -0.115. The Balaban J connectivity index is 1.91. The number of anilines is 1. The fourth-order valence-corrected chi connectivity index (χ4v) is 2.59. The molecule has 0 aliphatic heterocycles. The summed E-state index contributed by atoms with van der Waals surface area (Å²) in [5, 5.41) is 15.1. The highest BCUT2D eigenvalue weighted by atomic mass is 35.5. The second-order valence-electron chi connectivity index (χ2n) is 4.94. The zero-order valence-electron chi connectivity index (χ0n) is 11.0. The first kappa shape index (κ1) is 14.8. The number of hydrogen-bond acceptors (Lipinski definition) is 3. The van der Waals surface area contributed by atoms with Gasteiger partial charge in [-0.2, -0.15) is 0 Å². The van der Waals surface area contributed by atoms with Crippen molar-refractivity contribution in [2.24, 2.45) is 0 Å². The third kappa shape index (κ3) is 4.21. The van der Waals surface area contributed by atoms with Gasteiger partial charge in [-0.25, -0.2) is 4.79 Å². The van der Waals surface area contributed by atoms with Gasteiger partial charge in [0, 0.05) is 16.8 Å². The fraction of sp³-hybridized carbons (Fsp3) is 0.429. The number of halogens is 1. The summed E-state index contributed by atoms with van der Waals surface area (Å²) in [7, 11) is 0. The molecule has 1 aromatic rings. The second kappa shape index (κ2) is 6.72. The predicted molar refractivity (Wildman–Crippen MR) is 77.3 cm³/mol. The molecule has 1 fully saturated rings. The van der Waals surface area contributed by atoms with Gasteiger partial charge in [0.15, 0.2) is 0 Å². The van der Waals surface area contributed by atoms with Crippen molar-refractivity contribution in [2.75, 3.05) is 11.9 Å². The van der Waals surface area contributed by atoms with Crippen molar-refractivity contribution < 1.29 is 14.7 Å². The van der Waals surface area contributed by atoms with Crippen molar-refractivity contribution in [3.05, 3.63) is 28.8 Å². The minimum atomic E-state index is -1.08. The van der Waals surface area contributed by atoms with Gasteiger partial charge in [-0.15, -0.1) is 0 Å². The van der Waals surface area contributed by atoms with Gasteiger partial charge in [-0.05, 0) is 31.0 Å². The highest BCUT2D eigenvalue weighted by molar-refractivity contribution is 6.31. The van der Waals surface area contributed by atoms with Crippen molar-refractivity contribution in [1.82, 2.24) is 5.32 Å². The first-order chi connectivity index (χ1) is 9.54. The molecular weight excluding hydrogens is 280 g/mol. The summed E-state index contributed by atoms with van der Waals surface area (Å²) < 4.78 is 0. The van der Waals surface area contributed by atoms with Crippen LogP contribution in [-0.4, -0.2) is 29.6 Å². The molecule has 20 heavy (non-hydrogen) atoms. The van der Waals surface area contributed by atoms with Crippen LogP contribution in [0.15, 0.2) is 18.2 Å². The minimum absolute atomic E-state index is 0.0524. The highest BCUT2D eigenvalue weighted by Crippen LogP contribution is 2.19. The third-order valence-corrected chi connectivity index (χ3v) is 3.55. The Morgan fingerprint density at radius 3 is 2.60 bits per heavy atom. The SMILES string of the molecule is O=C(CNC1CCCC1)Nc1cc(Cl)cc(C(=O)O)c1. The van der Waals surface area contributed by atoms with Gasteiger partial charge in [0.1, 0.15) is 0 Å². The lowest BCUT2D eigenvalue weighted by Gasteiger charge is -2.12. The number of hydrogen-bond donors (Lipinski definition) is 3. The summed E-state index contributed by atoms with van der Waals surface area (Å²) in [4.78, 5) is 22.7. The first-order valence-electron chi connectivity index (χ1n) is 6.62. The lowest BCUT2D eigenvalue weighted by atomic mass is 10.2. The Labute approximate surface area is 122 Å². The molecule has 6 heteroatoms. The van der Waals surface area contributed by atoms with Gasteiger partial charge in [0.05, 0.1) is 12.1 Å². The van der Waals surface area contributed by atoms with Gasteiger partial charge in [0.2, 0.25) is 5.91 Å². The minimum Gasteiger partial charge on any atom is -0.478 e. The van der Waals surface area contributed by atoms with E-state index in [1.165, 1.54) is 31.0 Å². The zero-order valence-corrected chi connectivity index (χ0v) is 11.7. The summed E-state index contributed by atoms with van der Waals surface area (Å²) in [5.41, 5.74) is 0.449. The Morgan fingerprint density at radius 2 is 1.95 bits per heavy atom. The second-order valence-corrected chi connectivity index (χ2v) is 5.38. The zero-order chi connectivity index (χ0) is 14.5. The van der Waals surface area contributed by atoms with E-state index in [2.05, 4.69) is 10.6 Å². The monoisotopic (exact) mass is 296 g/mol. The van der Waals surface area contributed by atoms with Crippen LogP contribution < -0.4 is 10.6 Å². The summed E-state index contributed by atoms with van der Waals surface area (Å²) in [6.45, 7) is 0.222. The predicted octanol–water partition coefficient (Wildman–Crippen LogP) is 2.51. The number of aromatic carboxylic acids is 1. The maximum absolute atomic E-state index is 11.8. The van der Waals surface area contributed by atoms with E-state index in [1.54, 1.807) is 0 Å². The van der Waals surface area contributed by atoms with Crippen LogP contribution in [0.25, 0.3) is 0 Å². The maximum Gasteiger partial charge on any atom is 0.335 e. The van der Waals surface area contributed by atoms with Gasteiger partial charge in [-0.3, -0.25) is 4.79 Å². The molecule has 2 rings (SSSR count). The quantitative estimate of drug-likeness (QED) is 0.780. The van der Waals surface area contributed by atoms with Gasteiger partial charge in [-0.1, -0.05) is 24.4 Å². The topological polar surface area (TPSA) is 78.4 Å². The number of nitrogens with one attached hydrogen (secondary N) is 2. The van der Waals surface area contributed by atoms with Crippen LogP contribution in [0, 0.1) is 0 Å². The highest BCUT2D eigenvalue weighted by Gasteiger charge is 2.15. The standard InChI is InChI=1S/C14H17ClN2O3/c15-10-5-9(14(19)20)6-12(7-10)17-13(18)8-16-11-3-1-2-4-11/h5-7,11,16H,1-4,8H2,(H,17,18)(H,19,20). The molecule has 3 N–H and O–H groups in total. The van der Waals surface area contributed by atoms with Crippen LogP contribution >= 0.6 is 11.6 Å². The Bertz CT molecular complexity index is 513. The summed E-state index contributed by atoms with van der Waals surface area (Å²) in [6, 6.07) is 4.68. The van der Waals surface area contributed by atoms with Crippen LogP contribution in [0.3, 0.4) is 0 Å². The molecule has 0 saturated heterocycles. The smallest absolute Gasteiger partial charge is 0.335 e. The molecule has 108 valence electrons. The summed E-state index contributed by atoms with van der Waals surface area (Å²) in [5.74, 6) is -1.28. The van der Waals surface area contributed by atoms with Crippen LogP contribution in [0.1, 0.15) is 36.0 Å². The summed E-state index contributed by atoms with van der Waals surface area (Å²) in [6.07, 6.45) is 4.62. The number of carbonyl (C=O) groups is 2. The molecule has 0 heterocycles. The number of carboxylic acid groups (broad SMARTS) is 1. The van der Waals surface area contributed by atoms with Crippen molar-refractivity contribution in [1.29, 1.82) is 0 Å². The normalized spacial score (nSPS) is 15.2. The molecule has 0 atom stereocenters. The molecule has 0 spiro atoms. The molecule has 5 nitrogen and oxygen atoms in total. The molecule has 1 aromatic carbocycles.